The fourth-order valence-electron chi connectivity index (χ4n) is 6.96. The molecule has 2 amide bonds. The number of carbonyl (C=O) groups is 3. The van der Waals surface area contributed by atoms with E-state index in [-0.39, 0.29) is 23.5 Å². The molecule has 7 rings (SSSR count). The summed E-state index contributed by atoms with van der Waals surface area (Å²) in [6.07, 6.45) is 0.702. The largest absolute Gasteiger partial charge is 0.492 e. The number of amides is 2. The number of carbonyl (C=O) groups excluding carboxylic acids is 3. The molecule has 1 heterocycles. The van der Waals surface area contributed by atoms with Crippen LogP contribution < -0.4 is 9.64 Å². The van der Waals surface area contributed by atoms with Crippen LogP contribution in [0.25, 0.3) is 0 Å². The highest BCUT2D eigenvalue weighted by Crippen LogP contribution is 2.65. The third-order valence-corrected chi connectivity index (χ3v) is 8.26. The molecule has 3 aliphatic carbocycles. The first-order valence-corrected chi connectivity index (χ1v) is 12.3. The second-order valence-corrected chi connectivity index (χ2v) is 9.66. The first kappa shape index (κ1) is 21.8. The number of nitrogens with zero attached hydrogens (tertiary/aromatic N) is 1. The van der Waals surface area contributed by atoms with E-state index in [4.69, 9.17) is 4.74 Å². The van der Waals surface area contributed by atoms with Gasteiger partial charge in [-0.1, -0.05) is 55.5 Å². The maximum absolute atomic E-state index is 14.3. The van der Waals surface area contributed by atoms with E-state index in [0.717, 1.165) is 22.3 Å². The average molecular weight is 466 g/mol. The van der Waals surface area contributed by atoms with Gasteiger partial charge in [0.2, 0.25) is 11.8 Å². The molecule has 5 heteroatoms. The van der Waals surface area contributed by atoms with Crippen LogP contribution in [0, 0.1) is 11.8 Å². The normalized spacial score (nSPS) is 25.8. The highest BCUT2D eigenvalue weighted by atomic mass is 16.5. The van der Waals surface area contributed by atoms with Crippen molar-refractivity contribution in [3.63, 3.8) is 0 Å². The van der Waals surface area contributed by atoms with Crippen molar-refractivity contribution in [3.05, 3.63) is 94.5 Å². The van der Waals surface area contributed by atoms with Crippen molar-refractivity contribution in [2.45, 2.75) is 38.5 Å². The van der Waals surface area contributed by atoms with E-state index < -0.39 is 17.3 Å². The van der Waals surface area contributed by atoms with E-state index >= 15 is 0 Å². The third-order valence-electron chi connectivity index (χ3n) is 8.26. The summed E-state index contributed by atoms with van der Waals surface area (Å²) in [5, 5.41) is 0. The molecule has 35 heavy (non-hydrogen) atoms. The molecule has 2 atom stereocenters. The van der Waals surface area contributed by atoms with Gasteiger partial charge in [0.25, 0.3) is 0 Å². The van der Waals surface area contributed by atoms with Gasteiger partial charge in [0.1, 0.15) is 5.75 Å². The lowest BCUT2D eigenvalue weighted by atomic mass is 9.46. The van der Waals surface area contributed by atoms with Crippen LogP contribution >= 0.6 is 0 Å². The maximum atomic E-state index is 14.3. The maximum Gasteiger partial charge on any atom is 0.239 e. The van der Waals surface area contributed by atoms with Crippen molar-refractivity contribution >= 4 is 23.3 Å². The highest BCUT2D eigenvalue weighted by molar-refractivity contribution is 6.24. The summed E-state index contributed by atoms with van der Waals surface area (Å²) < 4.78 is 5.82. The Morgan fingerprint density at radius 3 is 2.11 bits per heavy atom. The Morgan fingerprint density at radius 2 is 1.54 bits per heavy atom. The minimum Gasteiger partial charge on any atom is -0.492 e. The lowest BCUT2D eigenvalue weighted by Crippen LogP contribution is -2.53. The lowest BCUT2D eigenvalue weighted by molar-refractivity contribution is -0.123. The number of hydrogen-bond donors (Lipinski definition) is 0. The molecule has 2 bridgehead atoms. The van der Waals surface area contributed by atoms with Crippen LogP contribution in [-0.2, 0) is 15.0 Å². The number of ether oxygens (including phenoxy) is 1. The molecule has 3 aromatic rings. The van der Waals surface area contributed by atoms with Gasteiger partial charge < -0.3 is 4.74 Å². The van der Waals surface area contributed by atoms with Crippen molar-refractivity contribution in [3.8, 4) is 5.75 Å². The summed E-state index contributed by atoms with van der Waals surface area (Å²) in [6.45, 7) is 5.83. The van der Waals surface area contributed by atoms with Gasteiger partial charge in [-0.2, -0.15) is 0 Å². The Kier molecular flexibility index (Phi) is 4.75. The van der Waals surface area contributed by atoms with E-state index in [1.54, 1.807) is 18.2 Å². The Bertz CT molecular complexity index is 1360. The molecule has 0 aromatic heterocycles. The zero-order chi connectivity index (χ0) is 24.5. The van der Waals surface area contributed by atoms with Crippen LogP contribution in [-0.4, -0.2) is 24.2 Å². The molecular formula is C30H27NO4. The molecule has 4 aliphatic rings. The second kappa shape index (κ2) is 7.64. The number of ketones is 1. The number of rotatable bonds is 5. The standard InChI is InChI=1S/C30H27NO4/c1-4-30-21-12-8-6-10-19(21)25(20-11-7-9-13-22(20)30)26-27(30)29(34)31(28(26)33)23-16-18(17(3)32)14-15-24(23)35-5-2/h6-16,25-27H,4-5H2,1-3H3/t25?,26-,27-,30?/m1/s1. The van der Waals surface area contributed by atoms with Crippen LogP contribution in [0.5, 0.6) is 5.75 Å². The topological polar surface area (TPSA) is 63.7 Å². The van der Waals surface area contributed by atoms with Crippen molar-refractivity contribution in [1.29, 1.82) is 0 Å². The van der Waals surface area contributed by atoms with Gasteiger partial charge in [0.05, 0.1) is 24.1 Å². The zero-order valence-electron chi connectivity index (χ0n) is 20.1. The van der Waals surface area contributed by atoms with Gasteiger partial charge in [-0.15, -0.1) is 0 Å². The predicted molar refractivity (Wildman–Crippen MR) is 133 cm³/mol. The molecule has 0 radical (unpaired) electrons. The van der Waals surface area contributed by atoms with E-state index in [1.807, 2.05) is 31.2 Å². The summed E-state index contributed by atoms with van der Waals surface area (Å²) in [5.74, 6) is -1.31. The van der Waals surface area contributed by atoms with Gasteiger partial charge in [-0.3, -0.25) is 14.4 Å². The van der Waals surface area contributed by atoms with E-state index in [9.17, 15) is 14.4 Å². The van der Waals surface area contributed by atoms with Crippen LogP contribution in [0.1, 0.15) is 65.7 Å². The molecule has 1 fully saturated rings. The molecule has 0 saturated carbocycles. The van der Waals surface area contributed by atoms with Crippen LogP contribution in [0.2, 0.25) is 0 Å². The van der Waals surface area contributed by atoms with E-state index in [0.29, 0.717) is 30.0 Å². The molecule has 1 saturated heterocycles. The first-order valence-electron chi connectivity index (χ1n) is 12.3. The van der Waals surface area contributed by atoms with Gasteiger partial charge in [0, 0.05) is 16.9 Å². The molecule has 3 aromatic carbocycles. The number of benzene rings is 3. The molecule has 0 unspecified atom stereocenters. The molecular weight excluding hydrogens is 438 g/mol. The average Bonchev–Trinajstić information content (AvgIpc) is 3.15. The third kappa shape index (κ3) is 2.67. The van der Waals surface area contributed by atoms with E-state index in [2.05, 4.69) is 31.2 Å². The Morgan fingerprint density at radius 1 is 0.914 bits per heavy atom. The van der Waals surface area contributed by atoms with Crippen LogP contribution in [0.4, 0.5) is 5.69 Å². The predicted octanol–water partition coefficient (Wildman–Crippen LogP) is 5.25. The zero-order valence-corrected chi connectivity index (χ0v) is 20.1. The minimum absolute atomic E-state index is 0.129. The van der Waals surface area contributed by atoms with Crippen molar-refractivity contribution in [2.75, 3.05) is 11.5 Å². The van der Waals surface area contributed by atoms with Gasteiger partial charge >= 0.3 is 0 Å². The SMILES string of the molecule is CCOc1ccc(C(C)=O)cc1N1C(=O)[C@@H]2C3c4ccccc4C(CC)(c4ccccc43)[C@H]2C1=O. The fraction of sp³-hybridized carbons (Fsp3) is 0.300. The Labute approximate surface area is 204 Å². The van der Waals surface area contributed by atoms with E-state index in [1.165, 1.54) is 11.8 Å². The first-order chi connectivity index (χ1) is 17.0. The Balaban J connectivity index is 1.60. The molecule has 176 valence electrons. The summed E-state index contributed by atoms with van der Waals surface area (Å²) in [5.41, 5.74) is 4.80. The molecule has 5 nitrogen and oxygen atoms in total. The number of imide groups is 1. The minimum atomic E-state index is -0.585. The van der Waals surface area contributed by atoms with Gasteiger partial charge in [-0.05, 0) is 60.7 Å². The number of Topliss-reactive ketones (excluding diaryl/α,β-unsaturated/α-hetero) is 1. The quantitative estimate of drug-likeness (QED) is 0.381. The summed E-state index contributed by atoms with van der Waals surface area (Å²) in [7, 11) is 0. The Hall–Kier alpha value is -3.73. The van der Waals surface area contributed by atoms with Crippen LogP contribution in [0.15, 0.2) is 66.7 Å². The highest BCUT2D eigenvalue weighted by Gasteiger charge is 2.67. The number of anilines is 1. The number of hydrogen-bond acceptors (Lipinski definition) is 4. The van der Waals surface area contributed by atoms with Crippen molar-refractivity contribution < 1.29 is 19.1 Å². The molecule has 1 aliphatic heterocycles. The summed E-state index contributed by atoms with van der Waals surface area (Å²) in [6, 6.07) is 21.5. The van der Waals surface area contributed by atoms with Crippen molar-refractivity contribution in [1.82, 2.24) is 0 Å². The van der Waals surface area contributed by atoms with Crippen LogP contribution in [0.3, 0.4) is 0 Å². The van der Waals surface area contributed by atoms with Gasteiger partial charge in [-0.25, -0.2) is 4.90 Å². The fourth-order valence-corrected chi connectivity index (χ4v) is 6.96. The lowest BCUT2D eigenvalue weighted by Gasteiger charge is -2.54. The smallest absolute Gasteiger partial charge is 0.239 e. The molecule has 0 N–H and O–H groups in total. The van der Waals surface area contributed by atoms with Gasteiger partial charge in [0.15, 0.2) is 5.78 Å². The monoisotopic (exact) mass is 465 g/mol. The summed E-state index contributed by atoms with van der Waals surface area (Å²) >= 11 is 0. The second-order valence-electron chi connectivity index (χ2n) is 9.66. The van der Waals surface area contributed by atoms with Crippen molar-refractivity contribution in [2.24, 2.45) is 11.8 Å². The summed E-state index contributed by atoms with van der Waals surface area (Å²) in [4.78, 5) is 42.0. The molecule has 0 spiro atoms.